The Bertz CT molecular complexity index is 425. The number of nitrogens with one attached hydrogen (secondary N) is 1. The molecule has 0 radical (unpaired) electrons. The Morgan fingerprint density at radius 1 is 1.50 bits per heavy atom. The maximum absolute atomic E-state index is 5.49. The van der Waals surface area contributed by atoms with Crippen LogP contribution in [0, 0.1) is 0 Å². The van der Waals surface area contributed by atoms with Crippen molar-refractivity contribution in [2.75, 3.05) is 13.7 Å². The van der Waals surface area contributed by atoms with Gasteiger partial charge in [0.05, 0.1) is 7.11 Å². The molecule has 0 spiro atoms. The number of thioether (sulfide) groups is 1. The minimum atomic E-state index is 0.406. The van der Waals surface area contributed by atoms with Crippen LogP contribution in [0.15, 0.2) is 16.6 Å². The number of benzene rings is 1. The largest absolute Gasteiger partial charge is 0.496 e. The fourth-order valence-corrected chi connectivity index (χ4v) is 4.18. The molecule has 4 heteroatoms. The normalized spacial score (nSPS) is 22.7. The minimum Gasteiger partial charge on any atom is -0.496 e. The van der Waals surface area contributed by atoms with Crippen LogP contribution in [0.25, 0.3) is 0 Å². The molecular formula is C14H20BrNOS. The van der Waals surface area contributed by atoms with Crippen molar-refractivity contribution >= 4 is 27.7 Å². The van der Waals surface area contributed by atoms with E-state index in [1.807, 2.05) is 11.8 Å². The molecule has 1 aliphatic heterocycles. The van der Waals surface area contributed by atoms with Gasteiger partial charge in [-0.3, -0.25) is 0 Å². The van der Waals surface area contributed by atoms with Crippen molar-refractivity contribution < 1.29 is 4.74 Å². The van der Waals surface area contributed by atoms with Gasteiger partial charge in [0, 0.05) is 27.1 Å². The van der Waals surface area contributed by atoms with E-state index in [0.29, 0.717) is 11.3 Å². The maximum atomic E-state index is 5.49. The van der Waals surface area contributed by atoms with Gasteiger partial charge in [0.1, 0.15) is 5.75 Å². The molecule has 1 N–H and O–H groups in total. The molecule has 0 aliphatic carbocycles. The van der Waals surface area contributed by atoms with Crippen molar-refractivity contribution in [1.29, 1.82) is 0 Å². The van der Waals surface area contributed by atoms with Gasteiger partial charge in [-0.2, -0.15) is 11.8 Å². The second-order valence-corrected chi connectivity index (χ2v) is 6.81. The Morgan fingerprint density at radius 3 is 2.94 bits per heavy atom. The van der Waals surface area contributed by atoms with E-state index in [2.05, 4.69) is 47.2 Å². The predicted molar refractivity (Wildman–Crippen MR) is 82.5 cm³/mol. The summed E-state index contributed by atoms with van der Waals surface area (Å²) in [7, 11) is 1.75. The van der Waals surface area contributed by atoms with Gasteiger partial charge in [-0.15, -0.1) is 0 Å². The van der Waals surface area contributed by atoms with Gasteiger partial charge in [0.2, 0.25) is 0 Å². The Labute approximate surface area is 122 Å². The Hall–Kier alpha value is -0.190. The summed E-state index contributed by atoms with van der Waals surface area (Å²) in [5.74, 6) is 2.04. The third-order valence-electron chi connectivity index (χ3n) is 3.37. The molecule has 18 heavy (non-hydrogen) atoms. The van der Waals surface area contributed by atoms with Crippen LogP contribution in [-0.4, -0.2) is 18.9 Å². The van der Waals surface area contributed by atoms with E-state index in [1.165, 1.54) is 15.6 Å². The van der Waals surface area contributed by atoms with Crippen molar-refractivity contribution in [3.05, 3.63) is 27.7 Å². The Morgan fingerprint density at radius 2 is 2.28 bits per heavy atom. The number of hydrogen-bond donors (Lipinski definition) is 1. The van der Waals surface area contributed by atoms with Gasteiger partial charge in [0.25, 0.3) is 0 Å². The van der Waals surface area contributed by atoms with Gasteiger partial charge in [-0.25, -0.2) is 0 Å². The molecule has 2 unspecified atom stereocenters. The average Bonchev–Trinajstić information content (AvgIpc) is 2.38. The summed E-state index contributed by atoms with van der Waals surface area (Å²) in [6, 6.07) is 4.56. The molecule has 0 bridgehead atoms. The lowest BCUT2D eigenvalue weighted by molar-refractivity contribution is 0.407. The first-order valence-corrected chi connectivity index (χ1v) is 8.23. The van der Waals surface area contributed by atoms with Crippen LogP contribution in [0.2, 0.25) is 0 Å². The molecule has 2 rings (SSSR count). The zero-order chi connectivity index (χ0) is 13.1. The van der Waals surface area contributed by atoms with E-state index in [4.69, 9.17) is 4.74 Å². The van der Waals surface area contributed by atoms with Gasteiger partial charge in [-0.1, -0.05) is 29.8 Å². The molecule has 1 aliphatic rings. The summed E-state index contributed by atoms with van der Waals surface area (Å²) in [5.41, 5.74) is 2.72. The zero-order valence-corrected chi connectivity index (χ0v) is 13.5. The molecule has 2 nitrogen and oxygen atoms in total. The van der Waals surface area contributed by atoms with Crippen molar-refractivity contribution in [2.45, 2.75) is 37.3 Å². The summed E-state index contributed by atoms with van der Waals surface area (Å²) < 4.78 is 6.69. The minimum absolute atomic E-state index is 0.406. The van der Waals surface area contributed by atoms with Crippen LogP contribution in [0.4, 0.5) is 0 Å². The van der Waals surface area contributed by atoms with E-state index in [-0.39, 0.29) is 0 Å². The quantitative estimate of drug-likeness (QED) is 0.897. The number of rotatable bonds is 4. The second-order valence-electron chi connectivity index (χ2n) is 4.59. The molecule has 0 fully saturated rings. The number of ether oxygens (including phenoxy) is 1. The lowest BCUT2D eigenvalue weighted by Crippen LogP contribution is -2.33. The van der Waals surface area contributed by atoms with Gasteiger partial charge >= 0.3 is 0 Å². The third-order valence-corrected chi connectivity index (χ3v) is 5.31. The summed E-state index contributed by atoms with van der Waals surface area (Å²) >= 11 is 5.69. The lowest BCUT2D eigenvalue weighted by Gasteiger charge is -2.33. The molecule has 0 amide bonds. The first-order chi connectivity index (χ1) is 8.69. The highest BCUT2D eigenvalue weighted by Gasteiger charge is 2.30. The van der Waals surface area contributed by atoms with E-state index in [9.17, 15) is 0 Å². The SMILES string of the molecule is CCCNC1c2c(Br)ccc(OC)c2CSC1C. The summed E-state index contributed by atoms with van der Waals surface area (Å²) in [6.07, 6.45) is 1.16. The summed E-state index contributed by atoms with van der Waals surface area (Å²) in [5, 5.41) is 4.25. The van der Waals surface area contributed by atoms with Crippen LogP contribution < -0.4 is 10.1 Å². The first-order valence-electron chi connectivity index (χ1n) is 6.39. The topological polar surface area (TPSA) is 21.3 Å². The molecule has 1 heterocycles. The number of halogens is 1. The van der Waals surface area contributed by atoms with Crippen molar-refractivity contribution in [1.82, 2.24) is 5.32 Å². The van der Waals surface area contributed by atoms with Gasteiger partial charge < -0.3 is 10.1 Å². The fraction of sp³-hybridized carbons (Fsp3) is 0.571. The van der Waals surface area contributed by atoms with Crippen LogP contribution in [0.1, 0.15) is 37.4 Å². The van der Waals surface area contributed by atoms with E-state index < -0.39 is 0 Å². The average molecular weight is 330 g/mol. The Kier molecular flexibility index (Phi) is 4.98. The Balaban J connectivity index is 2.41. The smallest absolute Gasteiger partial charge is 0.123 e. The van der Waals surface area contributed by atoms with Crippen molar-refractivity contribution in [2.24, 2.45) is 0 Å². The van der Waals surface area contributed by atoms with Gasteiger partial charge in [0.15, 0.2) is 0 Å². The molecule has 1 aromatic carbocycles. The third kappa shape index (κ3) is 2.70. The highest BCUT2D eigenvalue weighted by molar-refractivity contribution is 9.10. The fourth-order valence-electron chi connectivity index (χ4n) is 2.41. The van der Waals surface area contributed by atoms with Crippen LogP contribution in [-0.2, 0) is 5.75 Å². The molecule has 0 saturated carbocycles. The predicted octanol–water partition coefficient (Wildman–Crippen LogP) is 4.13. The molecule has 2 atom stereocenters. The first kappa shape index (κ1) is 14.2. The van der Waals surface area contributed by atoms with Crippen LogP contribution in [0.3, 0.4) is 0 Å². The zero-order valence-electron chi connectivity index (χ0n) is 11.1. The number of hydrogen-bond acceptors (Lipinski definition) is 3. The van der Waals surface area contributed by atoms with Crippen molar-refractivity contribution in [3.8, 4) is 5.75 Å². The molecule has 100 valence electrons. The highest BCUT2D eigenvalue weighted by Crippen LogP contribution is 2.44. The summed E-state index contributed by atoms with van der Waals surface area (Å²) in [4.78, 5) is 0. The molecule has 0 saturated heterocycles. The molecular weight excluding hydrogens is 310 g/mol. The van der Waals surface area contributed by atoms with Crippen LogP contribution in [0.5, 0.6) is 5.75 Å². The molecule has 1 aromatic rings. The van der Waals surface area contributed by atoms with Gasteiger partial charge in [-0.05, 0) is 30.7 Å². The lowest BCUT2D eigenvalue weighted by atomic mass is 9.97. The number of fused-ring (bicyclic) bond motifs is 1. The van der Waals surface area contributed by atoms with E-state index in [0.717, 1.165) is 24.5 Å². The highest BCUT2D eigenvalue weighted by atomic mass is 79.9. The molecule has 0 aromatic heterocycles. The monoisotopic (exact) mass is 329 g/mol. The number of methoxy groups -OCH3 is 1. The van der Waals surface area contributed by atoms with Crippen molar-refractivity contribution in [3.63, 3.8) is 0 Å². The summed E-state index contributed by atoms with van der Waals surface area (Å²) in [6.45, 7) is 5.56. The maximum Gasteiger partial charge on any atom is 0.123 e. The standard InChI is InChI=1S/C14H20BrNOS/c1-4-7-16-14-9(2)18-8-10-12(17-3)6-5-11(15)13(10)14/h5-6,9,14,16H,4,7-8H2,1-3H3. The van der Waals surface area contributed by atoms with Crippen LogP contribution >= 0.6 is 27.7 Å². The van der Waals surface area contributed by atoms with E-state index in [1.54, 1.807) is 7.11 Å². The second kappa shape index (κ2) is 6.31. The van der Waals surface area contributed by atoms with E-state index >= 15 is 0 Å².